The number of aryl methyl sites for hydroxylation is 1. The summed E-state index contributed by atoms with van der Waals surface area (Å²) in [6, 6.07) is 7.62. The van der Waals surface area contributed by atoms with Crippen molar-refractivity contribution in [3.63, 3.8) is 0 Å². The van der Waals surface area contributed by atoms with E-state index in [1.165, 1.54) is 11.3 Å². The molecule has 0 unspecified atom stereocenters. The summed E-state index contributed by atoms with van der Waals surface area (Å²) in [5.74, 6) is 0.140. The lowest BCUT2D eigenvalue weighted by molar-refractivity contribution is -0.117. The number of likely N-dealkylation sites (tertiary alicyclic amines) is 1. The fourth-order valence-corrected chi connectivity index (χ4v) is 7.70. The van der Waals surface area contributed by atoms with E-state index in [-0.39, 0.29) is 35.9 Å². The topological polar surface area (TPSA) is 165 Å². The first kappa shape index (κ1) is 36.8. The van der Waals surface area contributed by atoms with Crippen molar-refractivity contribution in [2.45, 2.75) is 43.9 Å². The van der Waals surface area contributed by atoms with Crippen LogP contribution in [0.1, 0.15) is 51.5 Å². The Bertz CT molecular complexity index is 1750. The average molecular weight is 713 g/mol. The van der Waals surface area contributed by atoms with Crippen molar-refractivity contribution in [2.75, 3.05) is 70.2 Å². The molecule has 3 aliphatic rings. The third-order valence-corrected chi connectivity index (χ3v) is 10.7. The van der Waals surface area contributed by atoms with Crippen LogP contribution in [-0.2, 0) is 4.79 Å². The maximum absolute atomic E-state index is 13.8. The van der Waals surface area contributed by atoms with Crippen molar-refractivity contribution in [2.24, 2.45) is 5.92 Å². The van der Waals surface area contributed by atoms with Crippen molar-refractivity contribution in [3.8, 4) is 16.3 Å². The van der Waals surface area contributed by atoms with Crippen LogP contribution in [0, 0.1) is 12.8 Å². The monoisotopic (exact) mass is 713 g/mol. The largest absolute Gasteiger partial charge is 0.494 e. The van der Waals surface area contributed by atoms with E-state index in [0.717, 1.165) is 58.4 Å². The van der Waals surface area contributed by atoms with Gasteiger partial charge >= 0.3 is 0 Å². The van der Waals surface area contributed by atoms with Crippen LogP contribution >= 0.6 is 11.3 Å². The molecule has 1 aliphatic carbocycles. The van der Waals surface area contributed by atoms with Crippen LogP contribution in [0.3, 0.4) is 0 Å². The van der Waals surface area contributed by atoms with Crippen molar-refractivity contribution in [1.82, 2.24) is 35.2 Å². The lowest BCUT2D eigenvalue weighted by Gasteiger charge is -2.42. The number of benzene rings is 1. The van der Waals surface area contributed by atoms with E-state index in [1.54, 1.807) is 13.2 Å². The maximum Gasteiger partial charge on any atom is 0.272 e. The first-order valence-corrected chi connectivity index (χ1v) is 18.5. The molecule has 3 fully saturated rings. The molecule has 1 saturated carbocycles. The van der Waals surface area contributed by atoms with Gasteiger partial charge in [0, 0.05) is 63.8 Å². The number of aromatic nitrogens is 3. The number of carbonyl (C=O) groups is 3. The summed E-state index contributed by atoms with van der Waals surface area (Å²) in [7, 11) is 7.20. The van der Waals surface area contributed by atoms with Gasteiger partial charge in [0.05, 0.1) is 36.3 Å². The van der Waals surface area contributed by atoms with Crippen LogP contribution in [0.2, 0.25) is 0 Å². The molecule has 18 heteroatoms. The van der Waals surface area contributed by atoms with Crippen LogP contribution in [0.15, 0.2) is 24.3 Å². The number of methoxy groups -OCH3 is 1. The van der Waals surface area contributed by atoms with Gasteiger partial charge in [0.25, 0.3) is 11.8 Å². The van der Waals surface area contributed by atoms with Crippen molar-refractivity contribution in [1.29, 1.82) is 0 Å². The van der Waals surface area contributed by atoms with Gasteiger partial charge in [0.15, 0.2) is 17.3 Å². The summed E-state index contributed by atoms with van der Waals surface area (Å²) >= 11 is 1.34. The Labute approximate surface area is 305 Å². The molecule has 0 radical (unpaired) electrons. The summed E-state index contributed by atoms with van der Waals surface area (Å²) in [5.41, 5.74) is 2.31. The Kier molecular flexibility index (Phi) is 11.3. The van der Waals surface area contributed by atoms with Gasteiger partial charge in [-0.3, -0.25) is 24.2 Å². The Morgan fingerprint density at radius 2 is 1.75 bits per heavy atom. The van der Waals surface area contributed by atoms with Gasteiger partial charge in [0.1, 0.15) is 33.4 Å². The van der Waals surface area contributed by atoms with Crippen LogP contribution in [0.25, 0.3) is 10.6 Å². The van der Waals surface area contributed by atoms with Crippen LogP contribution in [-0.4, -0.2) is 147 Å². The number of nitrogens with one attached hydrogen (secondary N) is 3. The summed E-state index contributed by atoms with van der Waals surface area (Å²) in [4.78, 5) is 51.8. The molecule has 14 nitrogen and oxygen atoms in total. The molecule has 2 aromatic heterocycles. The Morgan fingerprint density at radius 3 is 2.39 bits per heavy atom. The maximum atomic E-state index is 13.8. The second kappa shape index (κ2) is 15.7. The molecular weight excluding hydrogens is 667 g/mol. The molecule has 268 valence electrons. The molecule has 3 amide bonds. The number of anilines is 3. The highest BCUT2D eigenvalue weighted by Gasteiger charge is 2.32. The summed E-state index contributed by atoms with van der Waals surface area (Å²) in [6.45, 7) is 8.10. The zero-order chi connectivity index (χ0) is 36.3. The van der Waals surface area contributed by atoms with E-state index in [0.29, 0.717) is 57.4 Å². The van der Waals surface area contributed by atoms with Crippen LogP contribution in [0.5, 0.6) is 5.75 Å². The van der Waals surface area contributed by atoms with Crippen molar-refractivity contribution < 1.29 is 24.2 Å². The van der Waals surface area contributed by atoms with Gasteiger partial charge < -0.3 is 30.7 Å². The average Bonchev–Trinajstić information content (AvgIpc) is 3.89. The third kappa shape index (κ3) is 8.91. The molecule has 4 heterocycles. The number of para-hydroxylation sites is 1. The fourth-order valence-electron chi connectivity index (χ4n) is 6.64. The number of amides is 3. The number of hydrogen-bond donors (Lipinski definition) is 4. The number of aliphatic hydroxyl groups is 1. The highest BCUT2D eigenvalue weighted by Crippen LogP contribution is 2.41. The molecule has 51 heavy (non-hydrogen) atoms. The minimum absolute atomic E-state index is 0.00570. The van der Waals surface area contributed by atoms with Gasteiger partial charge in [0.2, 0.25) is 5.91 Å². The molecule has 2 saturated heterocycles. The molecule has 3 aromatic rings. The van der Waals surface area contributed by atoms with E-state index < -0.39 is 11.1 Å². The highest BCUT2D eigenvalue weighted by molar-refractivity contribution is 7.17. The zero-order valence-electron chi connectivity index (χ0n) is 30.1. The predicted octanol–water partition coefficient (Wildman–Crippen LogP) is -0.536. The smallest absolute Gasteiger partial charge is 0.272 e. The first-order chi connectivity index (χ1) is 24.4. The summed E-state index contributed by atoms with van der Waals surface area (Å²) in [6.07, 6.45) is 3.55. The molecule has 2 aliphatic heterocycles. The fraction of sp³-hybridized carbons (Fsp3) is 0.515. The highest BCUT2D eigenvalue weighted by atomic mass is 32.1. The minimum Gasteiger partial charge on any atom is -0.494 e. The molecule has 0 atom stereocenters. The third-order valence-electron chi connectivity index (χ3n) is 9.50. The number of carbonyl (C=O) groups excluding carboxylic acids is 3. The van der Waals surface area contributed by atoms with Gasteiger partial charge in [-0.05, 0) is 50.0 Å². The van der Waals surface area contributed by atoms with Crippen molar-refractivity contribution in [3.05, 3.63) is 40.5 Å². The second-order valence-electron chi connectivity index (χ2n) is 14.5. The normalized spacial score (nSPS) is 17.6. The lowest BCUT2D eigenvalue weighted by Crippen LogP contribution is -2.54. The number of thiazole rings is 1. The quantitative estimate of drug-likeness (QED) is 0.178. The van der Waals surface area contributed by atoms with E-state index in [9.17, 15) is 19.5 Å². The summed E-state index contributed by atoms with van der Waals surface area (Å²) in [5, 5.41) is 26.8. The van der Waals surface area contributed by atoms with E-state index >= 15 is 0 Å². The Balaban J connectivity index is 1.19. The van der Waals surface area contributed by atoms with E-state index in [1.807, 2.05) is 53.6 Å². The van der Waals surface area contributed by atoms with Crippen LogP contribution in [0.4, 0.5) is 17.2 Å². The molecule has 0 spiro atoms. The number of hydrogen-bond acceptors (Lipinski definition) is 12. The Hall–Kier alpha value is -3.99. The molecule has 4 N–H and O–H groups in total. The predicted molar refractivity (Wildman–Crippen MR) is 205 cm³/mol. The molecule has 1 aromatic carbocycles. The van der Waals surface area contributed by atoms with E-state index in [4.69, 9.17) is 9.72 Å². The van der Waals surface area contributed by atoms with Gasteiger partial charge in [-0.2, -0.15) is 0 Å². The number of nitrogens with zero attached hydrogens (tertiary/aromatic N) is 6. The second-order valence-corrected chi connectivity index (χ2v) is 15.5. The standard InChI is InChI=1S/C33H46B3N9O5S/c1-19-28(32(49)45-10-8-21(9-11-45)44-14-12-43(13-15-44)16-17-46)51-31(37-19)22-4-3-5-23(27(22)50-2)38-24-18-25(39-29(47)20-6-7-20)41-42-26(24)30(48)40-33(34,35)36/h3-5,18,20-21,46H,6-17,34-36H2,1-2H3,(H,40,48)(H2,38,39,41,47). The van der Waals surface area contributed by atoms with Gasteiger partial charge in [-0.1, -0.05) is 6.07 Å². The molecule has 0 bridgehead atoms. The van der Waals surface area contributed by atoms with Gasteiger partial charge in [-0.15, -0.1) is 21.5 Å². The first-order valence-electron chi connectivity index (χ1n) is 17.7. The lowest BCUT2D eigenvalue weighted by atomic mass is 9.49. The van der Waals surface area contributed by atoms with Crippen LogP contribution < -0.4 is 20.7 Å². The van der Waals surface area contributed by atoms with E-state index in [2.05, 4.69) is 35.9 Å². The SMILES string of the molecule is BC(B)(B)NC(=O)c1nnc(NC(=O)C2CC2)cc1Nc1cccc(-c2nc(C)c(C(=O)N3CCC(N4CCN(CCO)CC4)CC3)s2)c1OC. The number of aliphatic hydroxyl groups excluding tert-OH is 1. The number of piperazine rings is 1. The van der Waals surface area contributed by atoms with Gasteiger partial charge in [-0.25, -0.2) is 4.98 Å². The van der Waals surface area contributed by atoms with Crippen molar-refractivity contribution >= 4 is 69.8 Å². The molecule has 6 rings (SSSR count). The molecular formula is C33H46B3N9O5S. The Morgan fingerprint density at radius 1 is 1.02 bits per heavy atom. The summed E-state index contributed by atoms with van der Waals surface area (Å²) < 4.78 is 5.92. The number of rotatable bonds is 12. The number of ether oxygens (including phenoxy) is 1. The number of piperidine rings is 1. The minimum atomic E-state index is -0.517. The zero-order valence-corrected chi connectivity index (χ0v) is 30.9. The number of β-amino-alcohol motifs (C(OH)–C–C–N with tert-alkyl or cyclic N) is 1.